The third-order valence-corrected chi connectivity index (χ3v) is 4.41. The molecule has 0 aliphatic carbocycles. The molecular formula is C23H24F6O3. The Morgan fingerprint density at radius 3 is 2.00 bits per heavy atom. The molecule has 32 heavy (non-hydrogen) atoms. The summed E-state index contributed by atoms with van der Waals surface area (Å²) in [5.74, 6) is -2.00. The highest BCUT2D eigenvalue weighted by molar-refractivity contribution is 5.85. The van der Waals surface area contributed by atoms with E-state index in [4.69, 9.17) is 4.42 Å². The number of halogens is 6. The first-order chi connectivity index (χ1) is 14.7. The second-order valence-electron chi connectivity index (χ2n) is 7.56. The molecule has 0 radical (unpaired) electrons. The van der Waals surface area contributed by atoms with Crippen molar-refractivity contribution in [2.24, 2.45) is 0 Å². The van der Waals surface area contributed by atoms with E-state index >= 15 is 0 Å². The maximum Gasteiger partial charge on any atom is 0.573 e. The van der Waals surface area contributed by atoms with Crippen molar-refractivity contribution in [2.45, 2.75) is 59.2 Å². The topological polar surface area (TPSA) is 31.6 Å². The fourth-order valence-corrected chi connectivity index (χ4v) is 2.94. The maximum absolute atomic E-state index is 12.6. The van der Waals surface area contributed by atoms with Crippen LogP contribution in [0.1, 0.15) is 52.2 Å². The first kappa shape index (κ1) is 25.4. The van der Waals surface area contributed by atoms with E-state index in [-0.39, 0.29) is 16.7 Å². The van der Waals surface area contributed by atoms with Gasteiger partial charge in [-0.1, -0.05) is 29.9 Å². The summed E-state index contributed by atoms with van der Waals surface area (Å²) in [5.41, 5.74) is 2.95. The Morgan fingerprint density at radius 1 is 0.875 bits per heavy atom. The fraction of sp³-hybridized carbons (Fsp3) is 0.391. The van der Waals surface area contributed by atoms with E-state index in [2.05, 4.69) is 28.2 Å². The van der Waals surface area contributed by atoms with Crippen LogP contribution < -0.4 is 9.47 Å². The van der Waals surface area contributed by atoms with Crippen LogP contribution in [-0.2, 0) is 0 Å². The van der Waals surface area contributed by atoms with E-state index in [1.807, 2.05) is 20.8 Å². The third kappa shape index (κ3) is 8.36. The van der Waals surface area contributed by atoms with Gasteiger partial charge in [0.25, 0.3) is 0 Å². The van der Waals surface area contributed by atoms with Gasteiger partial charge in [0.2, 0.25) is 0 Å². The molecule has 0 saturated heterocycles. The number of ether oxygens (including phenoxy) is 2. The highest BCUT2D eigenvalue weighted by Crippen LogP contribution is 2.40. The van der Waals surface area contributed by atoms with Crippen LogP contribution in [0, 0.1) is 0 Å². The van der Waals surface area contributed by atoms with Crippen LogP contribution in [0.4, 0.5) is 26.3 Å². The Bertz CT molecular complexity index is 952. The number of hydrogen-bond donors (Lipinski definition) is 0. The zero-order valence-electron chi connectivity index (χ0n) is 17.9. The quantitative estimate of drug-likeness (QED) is 0.276. The van der Waals surface area contributed by atoms with Gasteiger partial charge in [0.1, 0.15) is 11.3 Å². The summed E-state index contributed by atoms with van der Waals surface area (Å²) in [5, 5.41) is 0.128. The first-order valence-corrected chi connectivity index (χ1v) is 9.80. The predicted octanol–water partition coefficient (Wildman–Crippen LogP) is 8.72. The highest BCUT2D eigenvalue weighted by Gasteiger charge is 2.37. The molecule has 1 aromatic heterocycles. The SMILES string of the molecule is C=C(CCC=C(C)CCC=C(C)C)c1cc2cc(OC(F)(F)F)c(OC(F)(F)F)cc2o1. The van der Waals surface area contributed by atoms with Crippen molar-refractivity contribution in [3.05, 3.63) is 53.8 Å². The maximum atomic E-state index is 12.6. The van der Waals surface area contributed by atoms with Crippen LogP contribution in [0.2, 0.25) is 0 Å². The molecule has 0 fully saturated rings. The number of alkyl halides is 6. The van der Waals surface area contributed by atoms with Crippen LogP contribution >= 0.6 is 0 Å². The van der Waals surface area contributed by atoms with Crippen molar-refractivity contribution in [3.63, 3.8) is 0 Å². The minimum absolute atomic E-state index is 0.0802. The van der Waals surface area contributed by atoms with Gasteiger partial charge in [-0.3, -0.25) is 0 Å². The van der Waals surface area contributed by atoms with Gasteiger partial charge in [-0.15, -0.1) is 26.3 Å². The largest absolute Gasteiger partial charge is 0.573 e. The molecule has 1 heterocycles. The molecule has 2 aromatic rings. The van der Waals surface area contributed by atoms with Crippen LogP contribution in [0.15, 0.2) is 52.5 Å². The van der Waals surface area contributed by atoms with E-state index in [1.165, 1.54) is 17.2 Å². The van der Waals surface area contributed by atoms with E-state index in [0.717, 1.165) is 18.9 Å². The number of furan rings is 1. The zero-order valence-corrected chi connectivity index (χ0v) is 17.9. The number of allylic oxidation sites excluding steroid dienone is 5. The lowest BCUT2D eigenvalue weighted by atomic mass is 10.1. The summed E-state index contributed by atoms with van der Waals surface area (Å²) >= 11 is 0. The van der Waals surface area contributed by atoms with Gasteiger partial charge >= 0.3 is 12.7 Å². The summed E-state index contributed by atoms with van der Waals surface area (Å²) < 4.78 is 88.5. The summed E-state index contributed by atoms with van der Waals surface area (Å²) in [6, 6.07) is 2.91. The van der Waals surface area contributed by atoms with E-state index in [9.17, 15) is 26.3 Å². The van der Waals surface area contributed by atoms with Crippen molar-refractivity contribution in [1.82, 2.24) is 0 Å². The zero-order chi connectivity index (χ0) is 24.1. The van der Waals surface area contributed by atoms with Crippen LogP contribution in [-0.4, -0.2) is 12.7 Å². The highest BCUT2D eigenvalue weighted by atomic mass is 19.4. The molecule has 0 amide bonds. The lowest BCUT2D eigenvalue weighted by molar-refractivity contribution is -0.287. The van der Waals surface area contributed by atoms with Gasteiger partial charge in [0, 0.05) is 11.5 Å². The minimum atomic E-state index is -5.20. The Labute approximate surface area is 182 Å². The molecule has 3 nitrogen and oxygen atoms in total. The molecule has 2 rings (SSSR count). The molecule has 0 aliphatic heterocycles. The van der Waals surface area contributed by atoms with Crippen LogP contribution in [0.25, 0.3) is 16.5 Å². The van der Waals surface area contributed by atoms with Crippen molar-refractivity contribution in [3.8, 4) is 11.5 Å². The van der Waals surface area contributed by atoms with Crippen LogP contribution in [0.5, 0.6) is 11.5 Å². The molecule has 0 aliphatic rings. The number of hydrogen-bond acceptors (Lipinski definition) is 3. The van der Waals surface area contributed by atoms with E-state index < -0.39 is 24.2 Å². The molecule has 1 aromatic carbocycles. The standard InChI is InChI=1S/C23H24F6O3/c1-14(2)7-5-8-15(3)9-6-10-16(4)18-11-17-12-20(31-22(24,25)26)21(13-19(17)30-18)32-23(27,28)29/h7,9,11-13H,4-6,8,10H2,1-3H3. The van der Waals surface area contributed by atoms with Crippen LogP contribution in [0.3, 0.4) is 0 Å². The molecule has 0 N–H and O–H groups in total. The first-order valence-electron chi connectivity index (χ1n) is 9.80. The Balaban J connectivity index is 2.17. The molecule has 9 heteroatoms. The number of fused-ring (bicyclic) bond motifs is 1. The van der Waals surface area contributed by atoms with E-state index in [0.29, 0.717) is 24.5 Å². The molecule has 0 atom stereocenters. The van der Waals surface area contributed by atoms with Gasteiger partial charge in [0.05, 0.1) is 0 Å². The molecule has 176 valence electrons. The molecule has 0 spiro atoms. The fourth-order valence-electron chi connectivity index (χ4n) is 2.94. The van der Waals surface area contributed by atoms with Crippen molar-refractivity contribution in [1.29, 1.82) is 0 Å². The summed E-state index contributed by atoms with van der Waals surface area (Å²) in [6.45, 7) is 10.0. The molecular weight excluding hydrogens is 438 g/mol. The second kappa shape index (κ2) is 10.2. The van der Waals surface area contributed by atoms with Gasteiger partial charge < -0.3 is 13.9 Å². The van der Waals surface area contributed by atoms with Gasteiger partial charge in [-0.25, -0.2) is 0 Å². The van der Waals surface area contributed by atoms with Gasteiger partial charge in [-0.05, 0) is 64.2 Å². The van der Waals surface area contributed by atoms with Gasteiger partial charge in [-0.2, -0.15) is 0 Å². The monoisotopic (exact) mass is 462 g/mol. The molecule has 0 saturated carbocycles. The predicted molar refractivity (Wildman–Crippen MR) is 110 cm³/mol. The summed E-state index contributed by atoms with van der Waals surface area (Å²) in [7, 11) is 0. The lowest BCUT2D eigenvalue weighted by Gasteiger charge is -2.15. The average Bonchev–Trinajstić information content (AvgIpc) is 3.02. The average molecular weight is 462 g/mol. The normalized spacial score (nSPS) is 12.7. The van der Waals surface area contributed by atoms with Crippen molar-refractivity contribution in [2.75, 3.05) is 0 Å². The summed E-state index contributed by atoms with van der Waals surface area (Å²) in [6.07, 6.45) is -3.13. The Kier molecular flexibility index (Phi) is 8.09. The van der Waals surface area contributed by atoms with Crippen molar-refractivity contribution >= 4 is 16.5 Å². The van der Waals surface area contributed by atoms with Gasteiger partial charge in [0.15, 0.2) is 11.5 Å². The van der Waals surface area contributed by atoms with Crippen molar-refractivity contribution < 1.29 is 40.2 Å². The summed E-state index contributed by atoms with van der Waals surface area (Å²) in [4.78, 5) is 0. The molecule has 0 bridgehead atoms. The Hall–Kier alpha value is -2.84. The lowest BCUT2D eigenvalue weighted by Crippen LogP contribution is -2.21. The smallest absolute Gasteiger partial charge is 0.456 e. The van der Waals surface area contributed by atoms with E-state index in [1.54, 1.807) is 0 Å². The number of benzene rings is 1. The second-order valence-corrected chi connectivity index (χ2v) is 7.56. The minimum Gasteiger partial charge on any atom is -0.456 e. The number of rotatable bonds is 9. The Morgan fingerprint density at radius 2 is 1.44 bits per heavy atom. The molecule has 0 unspecified atom stereocenters. The third-order valence-electron chi connectivity index (χ3n) is 4.41.